The molecule has 1 aromatic heterocycles. The third kappa shape index (κ3) is 26.8. The lowest BCUT2D eigenvalue weighted by Crippen LogP contribution is -2.35. The molecule has 280 valence electrons. The van der Waals surface area contributed by atoms with Crippen LogP contribution in [0.4, 0.5) is 0 Å². The highest BCUT2D eigenvalue weighted by Crippen LogP contribution is 2.17. The number of aryl methyl sites for hydroxylation is 2. The highest BCUT2D eigenvalue weighted by molar-refractivity contribution is 5.17. The Hall–Kier alpha value is -1.63. The Morgan fingerprint density at radius 3 is 0.918 bits per heavy atom. The van der Waals surface area contributed by atoms with Crippen molar-refractivity contribution in [3.63, 3.8) is 0 Å². The molecule has 49 heavy (non-hydrogen) atoms. The summed E-state index contributed by atoms with van der Waals surface area (Å²) in [6, 6.07) is 13.6. The molecule has 0 fully saturated rings. The minimum absolute atomic E-state index is 0.986. The molecule has 0 saturated carbocycles. The van der Waals surface area contributed by atoms with Crippen molar-refractivity contribution in [2.24, 2.45) is 0 Å². The Morgan fingerprint density at radius 1 is 0.327 bits per heavy atom. The van der Waals surface area contributed by atoms with Crippen LogP contribution in [0.3, 0.4) is 0 Å². The molecule has 0 saturated heterocycles. The van der Waals surface area contributed by atoms with Gasteiger partial charge in [-0.25, -0.2) is 4.57 Å². The molecule has 0 bridgehead atoms. The molecule has 0 N–H and O–H groups in total. The van der Waals surface area contributed by atoms with E-state index in [0.29, 0.717) is 0 Å². The maximum atomic E-state index is 2.54. The predicted octanol–water partition coefficient (Wildman–Crippen LogP) is 15.6. The van der Waals surface area contributed by atoms with Gasteiger partial charge in [-0.2, -0.15) is 0 Å². The van der Waals surface area contributed by atoms with E-state index in [-0.39, 0.29) is 0 Å². The predicted molar refractivity (Wildman–Crippen MR) is 219 cm³/mol. The van der Waals surface area contributed by atoms with E-state index in [4.69, 9.17) is 0 Å². The smallest absolute Gasteiger partial charge is 0.173 e. The van der Waals surface area contributed by atoms with E-state index in [1.165, 1.54) is 224 Å². The quantitative estimate of drug-likeness (QED) is 0.0500. The van der Waals surface area contributed by atoms with E-state index in [1.807, 2.05) is 0 Å². The van der Waals surface area contributed by atoms with Crippen LogP contribution >= 0.6 is 0 Å². The number of nitrogens with zero attached hydrogens (tertiary/aromatic N) is 1. The highest BCUT2D eigenvalue weighted by Gasteiger charge is 2.09. The summed E-state index contributed by atoms with van der Waals surface area (Å²) < 4.78 is 2.47. The van der Waals surface area contributed by atoms with Crippen LogP contribution < -0.4 is 4.57 Å². The first-order valence-corrected chi connectivity index (χ1v) is 22.4. The third-order valence-electron chi connectivity index (χ3n) is 10.9. The van der Waals surface area contributed by atoms with Gasteiger partial charge in [0.25, 0.3) is 0 Å². The van der Waals surface area contributed by atoms with Gasteiger partial charge in [-0.3, -0.25) is 0 Å². The van der Waals surface area contributed by atoms with Gasteiger partial charge < -0.3 is 0 Å². The molecule has 2 aromatic rings. The molecule has 0 atom stereocenters. The van der Waals surface area contributed by atoms with Gasteiger partial charge in [-0.05, 0) is 31.7 Å². The minimum atomic E-state index is 0.986. The van der Waals surface area contributed by atoms with Crippen LogP contribution in [0.25, 0.3) is 0 Å². The summed E-state index contributed by atoms with van der Waals surface area (Å²) in [6.45, 7) is 5.60. The fourth-order valence-corrected chi connectivity index (χ4v) is 7.69. The van der Waals surface area contributed by atoms with Gasteiger partial charge in [0.1, 0.15) is 0 Å². The van der Waals surface area contributed by atoms with Crippen LogP contribution in [0.2, 0.25) is 0 Å². The summed E-state index contributed by atoms with van der Waals surface area (Å²) in [5.41, 5.74) is 4.51. The number of benzene rings is 1. The number of rotatable bonds is 36. The zero-order valence-electron chi connectivity index (χ0n) is 33.3. The molecular weight excluding hydrogens is 591 g/mol. The van der Waals surface area contributed by atoms with Crippen LogP contribution in [0.1, 0.15) is 236 Å². The molecule has 0 aliphatic heterocycles. The van der Waals surface area contributed by atoms with Crippen molar-refractivity contribution in [3.05, 3.63) is 65.5 Å². The van der Waals surface area contributed by atoms with Crippen molar-refractivity contribution in [1.29, 1.82) is 0 Å². The van der Waals surface area contributed by atoms with Crippen molar-refractivity contribution in [1.82, 2.24) is 0 Å². The number of aromatic nitrogens is 1. The van der Waals surface area contributed by atoms with Crippen molar-refractivity contribution in [3.8, 4) is 0 Å². The summed E-state index contributed by atoms with van der Waals surface area (Å²) in [5, 5.41) is 0. The maximum Gasteiger partial charge on any atom is 0.173 e. The zero-order chi connectivity index (χ0) is 34.7. The van der Waals surface area contributed by atoms with Crippen molar-refractivity contribution < 1.29 is 4.57 Å². The average molecular weight is 675 g/mol. The lowest BCUT2D eigenvalue weighted by molar-refractivity contribution is -0.689. The highest BCUT2D eigenvalue weighted by atomic mass is 14.9. The topological polar surface area (TPSA) is 3.88 Å². The van der Waals surface area contributed by atoms with Gasteiger partial charge in [-0.1, -0.05) is 237 Å². The second-order valence-corrected chi connectivity index (χ2v) is 15.8. The average Bonchev–Trinajstić information content (AvgIpc) is 3.11. The summed E-state index contributed by atoms with van der Waals surface area (Å²) >= 11 is 0. The molecule has 0 unspecified atom stereocenters. The van der Waals surface area contributed by atoms with Gasteiger partial charge >= 0.3 is 0 Å². The molecule has 2 rings (SSSR count). The first kappa shape index (κ1) is 43.5. The molecule has 1 heterocycles. The molecule has 0 aliphatic rings. The van der Waals surface area contributed by atoms with E-state index in [0.717, 1.165) is 6.54 Å². The van der Waals surface area contributed by atoms with E-state index in [9.17, 15) is 0 Å². The Morgan fingerprint density at radius 2 is 0.612 bits per heavy atom. The number of hydrogen-bond acceptors (Lipinski definition) is 0. The lowest BCUT2D eigenvalue weighted by atomic mass is 10.0. The Bertz CT molecular complexity index is 895. The van der Waals surface area contributed by atoms with Crippen molar-refractivity contribution in [2.75, 3.05) is 0 Å². The lowest BCUT2D eigenvalue weighted by Gasteiger charge is -2.07. The summed E-state index contributed by atoms with van der Waals surface area (Å²) in [6.07, 6.45) is 53.4. The fourth-order valence-electron chi connectivity index (χ4n) is 7.69. The third-order valence-corrected chi connectivity index (χ3v) is 10.9. The van der Waals surface area contributed by atoms with Crippen LogP contribution in [0.5, 0.6) is 0 Å². The summed E-state index contributed by atoms with van der Waals surface area (Å²) in [7, 11) is 0. The van der Waals surface area contributed by atoms with Crippen LogP contribution in [-0.4, -0.2) is 0 Å². The van der Waals surface area contributed by atoms with Gasteiger partial charge in [0, 0.05) is 16.7 Å². The number of unbranched alkanes of at least 4 members (excludes halogenated alkanes) is 30. The van der Waals surface area contributed by atoms with Gasteiger partial charge in [0.2, 0.25) is 0 Å². The molecule has 0 spiro atoms. The Balaban J connectivity index is 1.54. The largest absolute Gasteiger partial charge is 0.200 e. The summed E-state index contributed by atoms with van der Waals surface area (Å²) in [4.78, 5) is 0. The molecule has 1 heteroatoms. The van der Waals surface area contributed by atoms with Crippen LogP contribution in [-0.2, 0) is 19.4 Å². The standard InChI is InChI=1S/C48H84N/c1-3-5-7-9-11-13-15-17-19-21-23-25-27-29-31-34-40-47-42-48(45-49(44-47)43-46-38-36-33-37-39-46)41-35-32-30-28-26-24-22-20-18-16-14-12-10-8-6-4-2/h33,36-39,42,44-45H,3-32,34-35,40-41,43H2,1-2H3/q+1. The SMILES string of the molecule is CCCCCCCCCCCCCCCCCCc1cc(CCCCCCCCCCCCCCCCCC)c[n+](Cc2ccccc2)c1. The molecule has 1 aromatic carbocycles. The minimum Gasteiger partial charge on any atom is -0.200 e. The first-order valence-electron chi connectivity index (χ1n) is 22.4. The molecular formula is C48H84N+. The number of pyridine rings is 1. The van der Waals surface area contributed by atoms with Gasteiger partial charge in [-0.15, -0.1) is 0 Å². The van der Waals surface area contributed by atoms with E-state index in [2.05, 4.69) is 67.2 Å². The molecule has 1 nitrogen and oxygen atoms in total. The second kappa shape index (κ2) is 33.5. The van der Waals surface area contributed by atoms with E-state index in [1.54, 1.807) is 11.1 Å². The normalized spacial score (nSPS) is 11.5. The van der Waals surface area contributed by atoms with Crippen LogP contribution in [0.15, 0.2) is 48.8 Å². The van der Waals surface area contributed by atoms with Crippen molar-refractivity contribution >= 4 is 0 Å². The van der Waals surface area contributed by atoms with Gasteiger partial charge in [0.15, 0.2) is 18.9 Å². The molecule has 0 radical (unpaired) electrons. The molecule has 0 aliphatic carbocycles. The Labute approximate surface area is 307 Å². The molecule has 0 amide bonds. The van der Waals surface area contributed by atoms with E-state index >= 15 is 0 Å². The first-order chi connectivity index (χ1) is 24.3. The van der Waals surface area contributed by atoms with Crippen LogP contribution in [0, 0.1) is 0 Å². The monoisotopic (exact) mass is 675 g/mol. The maximum absolute atomic E-state index is 2.54. The Kier molecular flexibility index (Phi) is 29.8. The van der Waals surface area contributed by atoms with E-state index < -0.39 is 0 Å². The summed E-state index contributed by atoms with van der Waals surface area (Å²) in [5.74, 6) is 0. The number of hydrogen-bond donors (Lipinski definition) is 0. The van der Waals surface area contributed by atoms with Crippen molar-refractivity contribution in [2.45, 2.75) is 239 Å². The zero-order valence-corrected chi connectivity index (χ0v) is 33.3. The fraction of sp³-hybridized carbons (Fsp3) is 0.771. The van der Waals surface area contributed by atoms with Gasteiger partial charge in [0.05, 0.1) is 0 Å². The second-order valence-electron chi connectivity index (χ2n) is 15.8.